The molecule has 1 rings (SSSR count). The molecule has 3 nitrogen and oxygen atoms in total. The molecule has 1 aromatic heterocycles. The van der Waals surface area contributed by atoms with Crippen LogP contribution in [0.15, 0.2) is 5.38 Å². The van der Waals surface area contributed by atoms with Crippen molar-refractivity contribution in [2.24, 2.45) is 0 Å². The van der Waals surface area contributed by atoms with Crippen molar-refractivity contribution >= 4 is 29.5 Å². The summed E-state index contributed by atoms with van der Waals surface area (Å²) in [5.74, 6) is -0.266. The maximum absolute atomic E-state index is 11.2. The third kappa shape index (κ3) is 1.97. The highest BCUT2D eigenvalue weighted by Gasteiger charge is 2.17. The predicted molar refractivity (Wildman–Crippen MR) is 54.6 cm³/mol. The lowest BCUT2D eigenvalue weighted by Crippen LogP contribution is -2.18. The molecule has 0 amide bonds. The number of hydrogen-bond donors (Lipinski definition) is 0. The van der Waals surface area contributed by atoms with Gasteiger partial charge in [-0.3, -0.25) is 0 Å². The number of carbonyl (C=O) groups is 1. The van der Waals surface area contributed by atoms with Crippen LogP contribution in [-0.4, -0.2) is 17.6 Å². The average Bonchev–Trinajstić information content (AvgIpc) is 2.44. The molecule has 0 radical (unpaired) electrons. The first kappa shape index (κ1) is 10.4. The minimum atomic E-state index is -0.330. The number of esters is 1. The average molecular weight is 217 g/mol. The summed E-state index contributed by atoms with van der Waals surface area (Å²) < 4.78 is 7.15. The van der Waals surface area contributed by atoms with Crippen LogP contribution in [0.4, 0.5) is 0 Å². The summed E-state index contributed by atoms with van der Waals surface area (Å²) in [5.41, 5.74) is 0.993. The summed E-state index contributed by atoms with van der Waals surface area (Å²) in [6.45, 7) is 3.70. The van der Waals surface area contributed by atoms with Crippen LogP contribution in [0.5, 0.6) is 0 Å². The maximum Gasteiger partial charge on any atom is 0.328 e. The Kier molecular flexibility index (Phi) is 3.22. The van der Waals surface area contributed by atoms with E-state index in [0.29, 0.717) is 3.95 Å². The third-order valence-electron chi connectivity index (χ3n) is 1.84. The van der Waals surface area contributed by atoms with E-state index in [9.17, 15) is 4.79 Å². The van der Waals surface area contributed by atoms with E-state index in [2.05, 4.69) is 4.74 Å². The zero-order chi connectivity index (χ0) is 10.0. The number of hydrogen-bond acceptors (Lipinski definition) is 4. The number of aryl methyl sites for hydroxylation is 1. The Morgan fingerprint density at radius 1 is 1.77 bits per heavy atom. The molecule has 0 N–H and O–H groups in total. The number of ether oxygens (including phenoxy) is 1. The van der Waals surface area contributed by atoms with Gasteiger partial charge in [0.25, 0.3) is 0 Å². The first-order valence-electron chi connectivity index (χ1n) is 3.82. The first-order valence-corrected chi connectivity index (χ1v) is 5.11. The Labute approximate surface area is 86.0 Å². The van der Waals surface area contributed by atoms with Crippen molar-refractivity contribution in [1.82, 2.24) is 4.57 Å². The van der Waals surface area contributed by atoms with E-state index < -0.39 is 0 Å². The van der Waals surface area contributed by atoms with E-state index in [-0.39, 0.29) is 12.0 Å². The van der Waals surface area contributed by atoms with E-state index in [4.69, 9.17) is 12.2 Å². The van der Waals surface area contributed by atoms with Crippen molar-refractivity contribution < 1.29 is 9.53 Å². The van der Waals surface area contributed by atoms with Crippen LogP contribution in [0, 0.1) is 10.9 Å². The molecule has 0 bridgehead atoms. The smallest absolute Gasteiger partial charge is 0.328 e. The van der Waals surface area contributed by atoms with Gasteiger partial charge in [0, 0.05) is 11.1 Å². The lowest BCUT2D eigenvalue weighted by atomic mass is 10.3. The molecule has 1 aromatic rings. The Bertz CT molecular complexity index is 366. The van der Waals surface area contributed by atoms with Crippen LogP contribution < -0.4 is 0 Å². The van der Waals surface area contributed by atoms with Crippen molar-refractivity contribution in [2.45, 2.75) is 19.9 Å². The molecule has 5 heteroatoms. The van der Waals surface area contributed by atoms with Gasteiger partial charge in [-0.15, -0.1) is 11.3 Å². The molecule has 1 atom stereocenters. The summed E-state index contributed by atoms with van der Waals surface area (Å²) in [4.78, 5) is 11.2. The van der Waals surface area contributed by atoms with Gasteiger partial charge in [0.15, 0.2) is 3.95 Å². The highest BCUT2D eigenvalue weighted by atomic mass is 32.1. The second kappa shape index (κ2) is 4.02. The minimum Gasteiger partial charge on any atom is -0.467 e. The van der Waals surface area contributed by atoms with Gasteiger partial charge >= 0.3 is 5.97 Å². The summed E-state index contributed by atoms with van der Waals surface area (Å²) in [6.07, 6.45) is 0. The summed E-state index contributed by atoms with van der Waals surface area (Å²) in [7, 11) is 1.38. The molecule has 0 aliphatic rings. The number of aromatic nitrogens is 1. The highest BCUT2D eigenvalue weighted by molar-refractivity contribution is 7.73. The monoisotopic (exact) mass is 217 g/mol. The highest BCUT2D eigenvalue weighted by Crippen LogP contribution is 2.17. The van der Waals surface area contributed by atoms with E-state index in [1.807, 2.05) is 12.3 Å². The second-order valence-corrected chi connectivity index (χ2v) is 4.22. The van der Waals surface area contributed by atoms with E-state index in [0.717, 1.165) is 5.69 Å². The fraction of sp³-hybridized carbons (Fsp3) is 0.500. The fourth-order valence-electron chi connectivity index (χ4n) is 1.13. The molecule has 0 aliphatic carbocycles. The molecule has 1 heterocycles. The Morgan fingerprint density at radius 2 is 2.38 bits per heavy atom. The van der Waals surface area contributed by atoms with Crippen LogP contribution in [0.2, 0.25) is 0 Å². The number of methoxy groups -OCH3 is 1. The van der Waals surface area contributed by atoms with Gasteiger partial charge in [-0.1, -0.05) is 0 Å². The Morgan fingerprint density at radius 3 is 2.77 bits per heavy atom. The quantitative estimate of drug-likeness (QED) is 0.563. The molecule has 0 spiro atoms. The first-order chi connectivity index (χ1) is 6.07. The van der Waals surface area contributed by atoms with Crippen molar-refractivity contribution in [3.05, 3.63) is 15.0 Å². The van der Waals surface area contributed by atoms with Gasteiger partial charge < -0.3 is 9.30 Å². The van der Waals surface area contributed by atoms with Gasteiger partial charge in [0.05, 0.1) is 7.11 Å². The number of nitrogens with zero attached hydrogens (tertiary/aromatic N) is 1. The lowest BCUT2D eigenvalue weighted by Gasteiger charge is -2.12. The zero-order valence-corrected chi connectivity index (χ0v) is 9.37. The fourth-order valence-corrected chi connectivity index (χ4v) is 2.38. The van der Waals surface area contributed by atoms with Gasteiger partial charge in [-0.25, -0.2) is 4.79 Å². The third-order valence-corrected chi connectivity index (χ3v) is 3.18. The number of rotatable bonds is 2. The predicted octanol–water partition coefficient (Wildman–Crippen LogP) is 2.32. The standard InChI is InChI=1S/C8H11NO2S2/c1-5-4-13-8(12)9(5)6(2)7(10)11-3/h4,6H,1-3H3/t6-/m0/s1. The van der Waals surface area contributed by atoms with Crippen molar-refractivity contribution in [2.75, 3.05) is 7.11 Å². The zero-order valence-electron chi connectivity index (χ0n) is 7.73. The summed E-state index contributed by atoms with van der Waals surface area (Å²) >= 11 is 6.55. The molecular formula is C8H11NO2S2. The lowest BCUT2D eigenvalue weighted by molar-refractivity contribution is -0.144. The van der Waals surface area contributed by atoms with E-state index in [1.165, 1.54) is 18.4 Å². The Balaban J connectivity index is 3.07. The minimum absolute atomic E-state index is 0.266. The normalized spacial score (nSPS) is 12.5. The van der Waals surface area contributed by atoms with Gasteiger partial charge in [0.2, 0.25) is 0 Å². The molecule has 72 valence electrons. The Hall–Kier alpha value is -0.680. The van der Waals surface area contributed by atoms with Crippen LogP contribution >= 0.6 is 23.6 Å². The van der Waals surface area contributed by atoms with E-state index in [1.54, 1.807) is 11.5 Å². The maximum atomic E-state index is 11.2. The summed E-state index contributed by atoms with van der Waals surface area (Å²) in [6, 6.07) is -0.330. The molecule has 0 aromatic carbocycles. The van der Waals surface area contributed by atoms with Crippen LogP contribution in [0.25, 0.3) is 0 Å². The van der Waals surface area contributed by atoms with Crippen LogP contribution in [-0.2, 0) is 9.53 Å². The second-order valence-electron chi connectivity index (χ2n) is 2.71. The molecular weight excluding hydrogens is 206 g/mol. The SMILES string of the molecule is COC(=O)[C@H](C)n1c(C)csc1=S. The van der Waals surface area contributed by atoms with Gasteiger partial charge in [-0.05, 0) is 26.1 Å². The summed E-state index contributed by atoms with van der Waals surface area (Å²) in [5, 5.41) is 1.93. The van der Waals surface area contributed by atoms with Crippen LogP contribution in [0.3, 0.4) is 0 Å². The largest absolute Gasteiger partial charge is 0.467 e. The van der Waals surface area contributed by atoms with E-state index >= 15 is 0 Å². The molecule has 0 fully saturated rings. The van der Waals surface area contributed by atoms with Crippen LogP contribution in [0.1, 0.15) is 18.7 Å². The topological polar surface area (TPSA) is 31.2 Å². The molecule has 13 heavy (non-hydrogen) atoms. The molecule has 0 unspecified atom stereocenters. The number of thiazole rings is 1. The van der Waals surface area contributed by atoms with Crippen molar-refractivity contribution in [1.29, 1.82) is 0 Å². The number of carbonyl (C=O) groups excluding carboxylic acids is 1. The molecule has 0 saturated heterocycles. The van der Waals surface area contributed by atoms with Crippen molar-refractivity contribution in [3.63, 3.8) is 0 Å². The molecule has 0 aliphatic heterocycles. The van der Waals surface area contributed by atoms with Gasteiger partial charge in [-0.2, -0.15) is 0 Å². The van der Waals surface area contributed by atoms with Gasteiger partial charge in [0.1, 0.15) is 6.04 Å². The molecule has 0 saturated carbocycles. The van der Waals surface area contributed by atoms with Crippen molar-refractivity contribution in [3.8, 4) is 0 Å².